The first kappa shape index (κ1) is 11.9. The zero-order chi connectivity index (χ0) is 12.3. The molecule has 0 unspecified atom stereocenters. The second-order valence-electron chi connectivity index (χ2n) is 3.79. The zero-order valence-electron chi connectivity index (χ0n) is 9.04. The molecule has 0 atom stereocenters. The molecule has 0 saturated carbocycles. The van der Waals surface area contributed by atoms with Crippen LogP contribution < -0.4 is 5.32 Å². The van der Waals surface area contributed by atoms with Crippen LogP contribution in [0.5, 0.6) is 0 Å². The average Bonchev–Trinajstić information content (AvgIpc) is 2.33. The van der Waals surface area contributed by atoms with Crippen LogP contribution in [-0.4, -0.2) is 36.6 Å². The number of aromatic nitrogens is 2. The van der Waals surface area contributed by atoms with E-state index in [0.717, 1.165) is 12.8 Å². The molecule has 0 radical (unpaired) electrons. The summed E-state index contributed by atoms with van der Waals surface area (Å²) >= 11 is 0. The lowest BCUT2D eigenvalue weighted by Gasteiger charge is -2.22. The van der Waals surface area contributed by atoms with E-state index in [4.69, 9.17) is 0 Å². The van der Waals surface area contributed by atoms with E-state index in [1.54, 1.807) is 0 Å². The van der Waals surface area contributed by atoms with Crippen LogP contribution in [0.1, 0.15) is 12.8 Å². The number of hydrogen-bond donors (Lipinski definition) is 1. The SMILES string of the molecule is O=[N+]([O-])c1cnc(NC2CCS(=O)CC2)nc1. The number of nitrogens with one attached hydrogen (secondary N) is 1. The summed E-state index contributed by atoms with van der Waals surface area (Å²) in [7, 11) is -0.699. The molecule has 1 fully saturated rings. The van der Waals surface area contributed by atoms with Gasteiger partial charge in [0.2, 0.25) is 5.95 Å². The molecule has 92 valence electrons. The van der Waals surface area contributed by atoms with E-state index in [0.29, 0.717) is 17.5 Å². The Morgan fingerprint density at radius 2 is 1.94 bits per heavy atom. The Hall–Kier alpha value is -1.57. The van der Waals surface area contributed by atoms with Crippen molar-refractivity contribution >= 4 is 22.4 Å². The zero-order valence-corrected chi connectivity index (χ0v) is 9.85. The first-order valence-corrected chi connectivity index (χ1v) is 6.72. The van der Waals surface area contributed by atoms with Gasteiger partial charge >= 0.3 is 5.69 Å². The van der Waals surface area contributed by atoms with Crippen molar-refractivity contribution in [2.24, 2.45) is 0 Å². The van der Waals surface area contributed by atoms with Crippen LogP contribution in [0.25, 0.3) is 0 Å². The van der Waals surface area contributed by atoms with E-state index in [1.807, 2.05) is 0 Å². The first-order valence-electron chi connectivity index (χ1n) is 5.23. The number of hydrogen-bond acceptors (Lipinski definition) is 6. The maximum Gasteiger partial charge on any atom is 0.305 e. The summed E-state index contributed by atoms with van der Waals surface area (Å²) in [6.07, 6.45) is 3.98. The molecule has 1 aromatic rings. The quantitative estimate of drug-likeness (QED) is 0.631. The molecule has 1 N–H and O–H groups in total. The minimum atomic E-state index is -0.699. The Balaban J connectivity index is 1.95. The molecular formula is C9H12N4O3S. The van der Waals surface area contributed by atoms with Gasteiger partial charge in [0.1, 0.15) is 12.4 Å². The Morgan fingerprint density at radius 3 is 2.47 bits per heavy atom. The largest absolute Gasteiger partial charge is 0.351 e. The van der Waals surface area contributed by atoms with Gasteiger partial charge < -0.3 is 5.32 Å². The van der Waals surface area contributed by atoms with Crippen LogP contribution in [0.2, 0.25) is 0 Å². The Labute approximate surface area is 100 Å². The van der Waals surface area contributed by atoms with Gasteiger partial charge in [0.15, 0.2) is 0 Å². The highest BCUT2D eigenvalue weighted by atomic mass is 32.2. The van der Waals surface area contributed by atoms with Crippen molar-refractivity contribution in [3.63, 3.8) is 0 Å². The van der Waals surface area contributed by atoms with Gasteiger partial charge in [-0.1, -0.05) is 0 Å². The van der Waals surface area contributed by atoms with Crippen molar-refractivity contribution in [3.05, 3.63) is 22.5 Å². The van der Waals surface area contributed by atoms with E-state index >= 15 is 0 Å². The fourth-order valence-corrected chi connectivity index (χ4v) is 2.91. The summed E-state index contributed by atoms with van der Waals surface area (Å²) in [5, 5.41) is 13.5. The van der Waals surface area contributed by atoms with Gasteiger partial charge in [-0.3, -0.25) is 14.3 Å². The standard InChI is InChI=1S/C9H12N4O3S/c14-13(15)8-5-10-9(11-6-8)12-7-1-3-17(16)4-2-7/h5-7H,1-4H2,(H,10,11,12). The third-order valence-electron chi connectivity index (χ3n) is 2.57. The Bertz CT molecular complexity index is 426. The van der Waals surface area contributed by atoms with Gasteiger partial charge in [0, 0.05) is 28.3 Å². The van der Waals surface area contributed by atoms with Crippen molar-refractivity contribution in [2.45, 2.75) is 18.9 Å². The molecule has 0 aliphatic carbocycles. The minimum absolute atomic E-state index is 0.125. The van der Waals surface area contributed by atoms with E-state index in [1.165, 1.54) is 12.4 Å². The van der Waals surface area contributed by atoms with Crippen LogP contribution in [0.4, 0.5) is 11.6 Å². The van der Waals surface area contributed by atoms with Crippen molar-refractivity contribution in [1.29, 1.82) is 0 Å². The van der Waals surface area contributed by atoms with Gasteiger partial charge in [-0.15, -0.1) is 0 Å². The molecular weight excluding hydrogens is 244 g/mol. The second-order valence-corrected chi connectivity index (χ2v) is 5.48. The van der Waals surface area contributed by atoms with Crippen LogP contribution in [-0.2, 0) is 10.8 Å². The lowest BCUT2D eigenvalue weighted by Crippen LogP contribution is -2.30. The summed E-state index contributed by atoms with van der Waals surface area (Å²) < 4.78 is 11.2. The third-order valence-corrected chi connectivity index (χ3v) is 3.95. The van der Waals surface area contributed by atoms with Gasteiger partial charge in [-0.05, 0) is 12.8 Å². The molecule has 1 aliphatic rings. The van der Waals surface area contributed by atoms with Gasteiger partial charge in [-0.2, -0.15) is 0 Å². The lowest BCUT2D eigenvalue weighted by atomic mass is 10.2. The van der Waals surface area contributed by atoms with Crippen LogP contribution in [0.15, 0.2) is 12.4 Å². The summed E-state index contributed by atoms with van der Waals surface area (Å²) in [4.78, 5) is 17.6. The van der Waals surface area contributed by atoms with Crippen LogP contribution >= 0.6 is 0 Å². The van der Waals surface area contributed by atoms with Gasteiger partial charge in [0.05, 0.1) is 4.92 Å². The van der Waals surface area contributed by atoms with Crippen molar-refractivity contribution in [3.8, 4) is 0 Å². The second kappa shape index (κ2) is 5.17. The maximum absolute atomic E-state index is 11.2. The summed E-state index contributed by atoms with van der Waals surface area (Å²) in [6.45, 7) is 0. The van der Waals surface area contributed by atoms with Crippen LogP contribution in [0.3, 0.4) is 0 Å². The lowest BCUT2D eigenvalue weighted by molar-refractivity contribution is -0.385. The number of nitro groups is 1. The predicted octanol–water partition coefficient (Wildman–Crippen LogP) is 0.708. The topological polar surface area (TPSA) is 98.0 Å². The molecule has 2 rings (SSSR count). The van der Waals surface area contributed by atoms with Crippen molar-refractivity contribution in [1.82, 2.24) is 9.97 Å². The minimum Gasteiger partial charge on any atom is -0.351 e. The molecule has 1 aromatic heterocycles. The molecule has 17 heavy (non-hydrogen) atoms. The average molecular weight is 256 g/mol. The molecule has 0 bridgehead atoms. The van der Waals surface area contributed by atoms with E-state index < -0.39 is 15.7 Å². The normalized spacial score (nSPS) is 24.2. The monoisotopic (exact) mass is 256 g/mol. The predicted molar refractivity (Wildman–Crippen MR) is 63.2 cm³/mol. The summed E-state index contributed by atoms with van der Waals surface area (Å²) in [5.41, 5.74) is -0.125. The fourth-order valence-electron chi connectivity index (χ4n) is 1.61. The van der Waals surface area contributed by atoms with Gasteiger partial charge in [-0.25, -0.2) is 9.97 Å². The van der Waals surface area contributed by atoms with E-state index in [-0.39, 0.29) is 11.7 Å². The van der Waals surface area contributed by atoms with Gasteiger partial charge in [0.25, 0.3) is 0 Å². The summed E-state index contributed by atoms with van der Waals surface area (Å²) in [5.74, 6) is 1.75. The Morgan fingerprint density at radius 1 is 1.35 bits per heavy atom. The van der Waals surface area contributed by atoms with Crippen molar-refractivity contribution < 1.29 is 9.13 Å². The highest BCUT2D eigenvalue weighted by Gasteiger charge is 2.18. The molecule has 0 amide bonds. The molecule has 8 heteroatoms. The van der Waals surface area contributed by atoms with E-state index in [2.05, 4.69) is 15.3 Å². The molecule has 1 aliphatic heterocycles. The smallest absolute Gasteiger partial charge is 0.305 e. The third kappa shape index (κ3) is 3.19. The Kier molecular flexibility index (Phi) is 3.62. The number of nitrogens with zero attached hydrogens (tertiary/aromatic N) is 3. The number of rotatable bonds is 3. The first-order chi connectivity index (χ1) is 8.15. The number of anilines is 1. The molecule has 7 nitrogen and oxygen atoms in total. The van der Waals surface area contributed by atoms with Crippen molar-refractivity contribution in [2.75, 3.05) is 16.8 Å². The maximum atomic E-state index is 11.2. The molecule has 0 spiro atoms. The molecule has 2 heterocycles. The molecule has 1 saturated heterocycles. The summed E-state index contributed by atoms with van der Waals surface area (Å²) in [6, 6.07) is 0.203. The van der Waals surface area contributed by atoms with Crippen LogP contribution in [0, 0.1) is 10.1 Å². The highest BCUT2D eigenvalue weighted by molar-refractivity contribution is 7.85. The fraction of sp³-hybridized carbons (Fsp3) is 0.556. The highest BCUT2D eigenvalue weighted by Crippen LogP contribution is 2.14. The van der Waals surface area contributed by atoms with E-state index in [9.17, 15) is 14.3 Å². The molecule has 0 aromatic carbocycles.